The Hall–Kier alpha value is -4.71. The highest BCUT2D eigenvalue weighted by Crippen LogP contribution is 2.34. The molecular formula is C24H19N3O8S. The molecule has 1 amide bonds. The summed E-state index contributed by atoms with van der Waals surface area (Å²) < 4.78 is 37.5. The van der Waals surface area contributed by atoms with Gasteiger partial charge in [-0.2, -0.15) is 0 Å². The zero-order valence-electron chi connectivity index (χ0n) is 18.8. The van der Waals surface area contributed by atoms with Gasteiger partial charge in [-0.15, -0.1) is 10.1 Å². The standard InChI is InChI=1S/C24H19N3O8S/c1-16-22(23(25-35-16)19-5-3-2-4-6-19)18-9-13-21(14-10-18)36(31,32)26-24(28)34-20-11-7-17(8-12-20)15-33-27(29)30/h2-14H,15H2,1H3,(H,26,28). The fourth-order valence-corrected chi connectivity index (χ4v) is 4.26. The second kappa shape index (κ2) is 10.3. The van der Waals surface area contributed by atoms with Crippen LogP contribution in [0, 0.1) is 17.0 Å². The van der Waals surface area contributed by atoms with Crippen molar-refractivity contribution < 1.29 is 32.4 Å². The largest absolute Gasteiger partial charge is 0.426 e. The monoisotopic (exact) mass is 509 g/mol. The predicted molar refractivity (Wildman–Crippen MR) is 127 cm³/mol. The van der Waals surface area contributed by atoms with Gasteiger partial charge in [0.05, 0.1) is 10.5 Å². The van der Waals surface area contributed by atoms with E-state index in [4.69, 9.17) is 9.26 Å². The molecule has 0 atom stereocenters. The molecule has 0 saturated heterocycles. The van der Waals surface area contributed by atoms with E-state index in [2.05, 4.69) is 9.99 Å². The van der Waals surface area contributed by atoms with Crippen molar-refractivity contribution in [1.29, 1.82) is 0 Å². The lowest BCUT2D eigenvalue weighted by Crippen LogP contribution is -2.33. The van der Waals surface area contributed by atoms with Crippen molar-refractivity contribution in [3.8, 4) is 28.1 Å². The predicted octanol–water partition coefficient (Wildman–Crippen LogP) is 4.50. The molecule has 1 aromatic heterocycles. The molecule has 0 fully saturated rings. The Morgan fingerprint density at radius 1 is 1.00 bits per heavy atom. The maximum Gasteiger partial charge on any atom is 0.426 e. The van der Waals surface area contributed by atoms with Gasteiger partial charge in [-0.05, 0) is 42.3 Å². The summed E-state index contributed by atoms with van der Waals surface area (Å²) in [5.41, 5.74) is 3.36. The third-order valence-electron chi connectivity index (χ3n) is 5.05. The van der Waals surface area contributed by atoms with Crippen molar-refractivity contribution >= 4 is 16.1 Å². The molecule has 0 spiro atoms. The van der Waals surface area contributed by atoms with Crippen molar-refractivity contribution in [3.63, 3.8) is 0 Å². The summed E-state index contributed by atoms with van der Waals surface area (Å²) in [4.78, 5) is 26.5. The molecule has 36 heavy (non-hydrogen) atoms. The molecule has 184 valence electrons. The lowest BCUT2D eigenvalue weighted by Gasteiger charge is -2.09. The molecule has 1 N–H and O–H groups in total. The number of amides is 1. The van der Waals surface area contributed by atoms with Crippen LogP contribution in [0.3, 0.4) is 0 Å². The van der Waals surface area contributed by atoms with E-state index in [0.717, 1.165) is 11.1 Å². The molecule has 0 aliphatic heterocycles. The molecule has 0 saturated carbocycles. The van der Waals surface area contributed by atoms with E-state index < -0.39 is 21.2 Å². The van der Waals surface area contributed by atoms with Gasteiger partial charge in [-0.25, -0.2) is 17.9 Å². The van der Waals surface area contributed by atoms with E-state index in [1.807, 2.05) is 35.1 Å². The van der Waals surface area contributed by atoms with E-state index in [1.54, 1.807) is 19.1 Å². The summed E-state index contributed by atoms with van der Waals surface area (Å²) in [7, 11) is -4.22. The first-order valence-electron chi connectivity index (χ1n) is 10.5. The highest BCUT2D eigenvalue weighted by atomic mass is 32.2. The molecule has 0 radical (unpaired) electrons. The van der Waals surface area contributed by atoms with E-state index in [0.29, 0.717) is 22.6 Å². The Morgan fingerprint density at radius 3 is 2.31 bits per heavy atom. The lowest BCUT2D eigenvalue weighted by molar-refractivity contribution is -0.763. The van der Waals surface area contributed by atoms with Crippen LogP contribution < -0.4 is 9.46 Å². The molecule has 4 aromatic rings. The number of aromatic nitrogens is 1. The number of rotatable bonds is 8. The number of carbonyl (C=O) groups is 1. The highest BCUT2D eigenvalue weighted by Gasteiger charge is 2.21. The fourth-order valence-electron chi connectivity index (χ4n) is 3.38. The smallest absolute Gasteiger partial charge is 0.410 e. The average molecular weight is 509 g/mol. The molecule has 0 aliphatic rings. The maximum absolute atomic E-state index is 12.7. The Morgan fingerprint density at radius 2 is 1.67 bits per heavy atom. The van der Waals surface area contributed by atoms with Crippen LogP contribution in [-0.4, -0.2) is 24.8 Å². The van der Waals surface area contributed by atoms with Gasteiger partial charge < -0.3 is 14.1 Å². The fraction of sp³-hybridized carbons (Fsp3) is 0.0833. The summed E-state index contributed by atoms with van der Waals surface area (Å²) in [5, 5.41) is 13.5. The summed E-state index contributed by atoms with van der Waals surface area (Å²) in [6.07, 6.45) is -1.21. The van der Waals surface area contributed by atoms with E-state index in [1.165, 1.54) is 36.4 Å². The number of carbonyl (C=O) groups excluding carboxylic acids is 1. The van der Waals surface area contributed by atoms with E-state index in [-0.39, 0.29) is 17.3 Å². The minimum atomic E-state index is -4.22. The van der Waals surface area contributed by atoms with E-state index >= 15 is 0 Å². The third-order valence-corrected chi connectivity index (χ3v) is 6.38. The van der Waals surface area contributed by atoms with Crippen LogP contribution in [0.4, 0.5) is 4.79 Å². The summed E-state index contributed by atoms with van der Waals surface area (Å²) in [5.74, 6) is 0.612. The Kier molecular flexibility index (Phi) is 6.97. The Balaban J connectivity index is 1.45. The van der Waals surface area contributed by atoms with Crippen LogP contribution in [0.2, 0.25) is 0 Å². The molecule has 1 heterocycles. The average Bonchev–Trinajstić information content (AvgIpc) is 3.25. The van der Waals surface area contributed by atoms with Crippen LogP contribution in [0.25, 0.3) is 22.4 Å². The molecule has 0 aliphatic carbocycles. The van der Waals surface area contributed by atoms with Crippen molar-refractivity contribution in [2.24, 2.45) is 0 Å². The van der Waals surface area contributed by atoms with Crippen LogP contribution in [-0.2, 0) is 21.5 Å². The summed E-state index contributed by atoms with van der Waals surface area (Å²) in [6.45, 7) is 1.49. The number of hydrogen-bond donors (Lipinski definition) is 1. The van der Waals surface area contributed by atoms with E-state index in [9.17, 15) is 23.3 Å². The van der Waals surface area contributed by atoms with Gasteiger partial charge >= 0.3 is 6.09 Å². The van der Waals surface area contributed by atoms with Crippen LogP contribution in [0.1, 0.15) is 11.3 Å². The van der Waals surface area contributed by atoms with Crippen molar-refractivity contribution in [3.05, 3.63) is 100 Å². The zero-order chi connectivity index (χ0) is 25.7. The third kappa shape index (κ3) is 5.67. The summed E-state index contributed by atoms with van der Waals surface area (Å²) >= 11 is 0. The van der Waals surface area contributed by atoms with Crippen molar-refractivity contribution in [1.82, 2.24) is 9.88 Å². The van der Waals surface area contributed by atoms with Crippen molar-refractivity contribution in [2.75, 3.05) is 0 Å². The number of nitrogens with zero attached hydrogens (tertiary/aromatic N) is 2. The lowest BCUT2D eigenvalue weighted by atomic mass is 10.00. The summed E-state index contributed by atoms with van der Waals surface area (Å²) in [6, 6.07) is 20.9. The Bertz CT molecular complexity index is 1480. The highest BCUT2D eigenvalue weighted by molar-refractivity contribution is 7.90. The van der Waals surface area contributed by atoms with Gasteiger partial charge in [0, 0.05) is 5.56 Å². The first kappa shape index (κ1) is 24.4. The number of benzene rings is 3. The molecule has 11 nitrogen and oxygen atoms in total. The SMILES string of the molecule is Cc1onc(-c2ccccc2)c1-c1ccc(S(=O)(=O)NC(=O)Oc2ccc(CO[N+](=O)[O-])cc2)cc1. The van der Waals surface area contributed by atoms with Gasteiger partial charge in [0.25, 0.3) is 15.1 Å². The van der Waals surface area contributed by atoms with Gasteiger partial charge in [-0.3, -0.25) is 0 Å². The molecule has 12 heteroatoms. The van der Waals surface area contributed by atoms with Gasteiger partial charge in [0.1, 0.15) is 23.8 Å². The van der Waals surface area contributed by atoms with Gasteiger partial charge in [-0.1, -0.05) is 59.8 Å². The molecule has 0 bridgehead atoms. The molecule has 0 unspecified atom stereocenters. The van der Waals surface area contributed by atoms with Crippen molar-refractivity contribution in [2.45, 2.75) is 18.4 Å². The van der Waals surface area contributed by atoms with Crippen LogP contribution in [0.15, 0.2) is 88.3 Å². The molecular weight excluding hydrogens is 490 g/mol. The topological polar surface area (TPSA) is 151 Å². The first-order chi connectivity index (χ1) is 17.2. The number of nitrogens with one attached hydrogen (secondary N) is 1. The minimum Gasteiger partial charge on any atom is -0.410 e. The molecule has 3 aromatic carbocycles. The first-order valence-corrected chi connectivity index (χ1v) is 11.9. The zero-order valence-corrected chi connectivity index (χ0v) is 19.6. The maximum atomic E-state index is 12.7. The number of aryl methyl sites for hydroxylation is 1. The van der Waals surface area contributed by atoms with Gasteiger partial charge in [0.2, 0.25) is 0 Å². The second-order valence-corrected chi connectivity index (χ2v) is 9.17. The number of sulfonamides is 1. The second-order valence-electron chi connectivity index (χ2n) is 7.49. The van der Waals surface area contributed by atoms with Crippen LogP contribution in [0.5, 0.6) is 5.75 Å². The quantitative estimate of drug-likeness (QED) is 0.267. The minimum absolute atomic E-state index is 0.0410. The van der Waals surface area contributed by atoms with Crippen LogP contribution >= 0.6 is 0 Å². The molecule has 4 rings (SSSR count). The Labute approximate surface area is 205 Å². The number of ether oxygens (including phenoxy) is 1. The van der Waals surface area contributed by atoms with Gasteiger partial charge in [0.15, 0.2) is 0 Å². The number of hydrogen-bond acceptors (Lipinski definition) is 9. The normalized spacial score (nSPS) is 11.0.